The van der Waals surface area contributed by atoms with Crippen LogP contribution >= 0.6 is 7.60 Å². The Balaban J connectivity index is 2.04. The highest BCUT2D eigenvalue weighted by atomic mass is 31.2. The summed E-state index contributed by atoms with van der Waals surface area (Å²) in [6, 6.07) is 19.1. The van der Waals surface area contributed by atoms with Crippen molar-refractivity contribution in [1.29, 1.82) is 0 Å². The minimum atomic E-state index is -3.51. The molecule has 0 unspecified atom stereocenters. The van der Waals surface area contributed by atoms with Gasteiger partial charge in [0, 0.05) is 16.8 Å². The van der Waals surface area contributed by atoms with Crippen LogP contribution in [-0.2, 0) is 13.6 Å². The first-order chi connectivity index (χ1) is 13.1. The van der Waals surface area contributed by atoms with E-state index in [0.717, 1.165) is 5.56 Å². The maximum absolute atomic E-state index is 13.5. The number of carbonyl (C=O) groups is 1. The molecule has 4 nitrogen and oxygen atoms in total. The van der Waals surface area contributed by atoms with E-state index in [4.69, 9.17) is 9.05 Å². The van der Waals surface area contributed by atoms with E-state index in [1.54, 1.807) is 26.0 Å². The molecule has 0 heterocycles. The predicted molar refractivity (Wildman–Crippen MR) is 107 cm³/mol. The fraction of sp³-hybridized carbons (Fsp3) is 0.318. The maximum atomic E-state index is 13.5. The van der Waals surface area contributed by atoms with E-state index in [-0.39, 0.29) is 24.9 Å². The Morgan fingerprint density at radius 1 is 0.963 bits per heavy atom. The Morgan fingerprint density at radius 3 is 2.07 bits per heavy atom. The van der Waals surface area contributed by atoms with Gasteiger partial charge in [0.1, 0.15) is 0 Å². The highest BCUT2D eigenvalue weighted by Gasteiger charge is 2.46. The predicted octanol–water partition coefficient (Wildman–Crippen LogP) is 5.82. The van der Waals surface area contributed by atoms with E-state index < -0.39 is 13.5 Å². The molecule has 0 saturated carbocycles. The summed E-state index contributed by atoms with van der Waals surface area (Å²) in [6.45, 7) is 4.08. The molecule has 0 amide bonds. The number of hydrogen-bond acceptors (Lipinski definition) is 4. The molecule has 0 spiro atoms. The van der Waals surface area contributed by atoms with E-state index >= 15 is 0 Å². The second-order valence-corrected chi connectivity index (χ2v) is 8.45. The van der Waals surface area contributed by atoms with Gasteiger partial charge in [0.25, 0.3) is 0 Å². The van der Waals surface area contributed by atoms with E-state index in [9.17, 15) is 9.36 Å². The molecular formula is C22H25O4P. The van der Waals surface area contributed by atoms with Crippen LogP contribution in [0.3, 0.4) is 0 Å². The third-order valence-corrected chi connectivity index (χ3v) is 7.07. The summed E-state index contributed by atoms with van der Waals surface area (Å²) in [6.07, 6.45) is 2.52. The second kappa shape index (κ2) is 8.79. The van der Waals surface area contributed by atoms with E-state index in [2.05, 4.69) is 0 Å². The summed E-state index contributed by atoms with van der Waals surface area (Å²) in [5.41, 5.74) is 1.66. The van der Waals surface area contributed by atoms with Crippen molar-refractivity contribution in [1.82, 2.24) is 0 Å². The lowest BCUT2D eigenvalue weighted by Crippen LogP contribution is -2.22. The average Bonchev–Trinajstić information content (AvgIpc) is 3.15. The first kappa shape index (κ1) is 19.8. The molecule has 0 N–H and O–H groups in total. The van der Waals surface area contributed by atoms with Crippen LogP contribution in [0.5, 0.6) is 0 Å². The largest absolute Gasteiger partial charge is 0.357 e. The Kier molecular flexibility index (Phi) is 6.43. The van der Waals surface area contributed by atoms with Gasteiger partial charge in [-0.15, -0.1) is 0 Å². The molecule has 0 fully saturated rings. The van der Waals surface area contributed by atoms with Gasteiger partial charge < -0.3 is 9.05 Å². The molecule has 3 rings (SSSR count). The first-order valence-corrected chi connectivity index (χ1v) is 10.9. The minimum absolute atomic E-state index is 0.0483. The van der Waals surface area contributed by atoms with Crippen molar-refractivity contribution in [3.8, 4) is 0 Å². The standard InChI is InChI=1S/C22H25O4P/c1-3-25-27(24,26-4-2)20-16-15-19(17-11-7-5-8-12-17)21(20)22(23)18-13-9-6-10-14-18/h5-14,16,19,21H,3-4,15H2,1-2H3/t19-,21-/m0/s1. The van der Waals surface area contributed by atoms with Gasteiger partial charge in [-0.1, -0.05) is 66.7 Å². The zero-order chi connectivity index (χ0) is 19.3. The SMILES string of the molecule is CCOP(=O)(OCC)C1=CC[C@@H](c2ccccc2)[C@@H]1C(=O)c1ccccc1. The summed E-state index contributed by atoms with van der Waals surface area (Å²) < 4.78 is 24.6. The summed E-state index contributed by atoms with van der Waals surface area (Å²) in [5, 5.41) is 0.494. The van der Waals surface area contributed by atoms with Crippen LogP contribution in [0.1, 0.15) is 42.1 Å². The summed E-state index contributed by atoms with van der Waals surface area (Å²) in [7, 11) is -3.51. The Morgan fingerprint density at radius 2 is 1.52 bits per heavy atom. The number of benzene rings is 2. The molecule has 0 aliphatic heterocycles. The van der Waals surface area contributed by atoms with Crippen molar-refractivity contribution in [2.75, 3.05) is 13.2 Å². The van der Waals surface area contributed by atoms with Crippen molar-refractivity contribution in [2.24, 2.45) is 5.92 Å². The molecule has 142 valence electrons. The number of allylic oxidation sites excluding steroid dienone is 2. The summed E-state index contributed by atoms with van der Waals surface area (Å²) >= 11 is 0. The van der Waals surface area contributed by atoms with Gasteiger partial charge in [0.15, 0.2) is 5.78 Å². The summed E-state index contributed by atoms with van der Waals surface area (Å²) in [5.74, 6) is -0.685. The molecular weight excluding hydrogens is 359 g/mol. The van der Waals surface area contributed by atoms with Crippen molar-refractivity contribution in [2.45, 2.75) is 26.2 Å². The molecule has 0 bridgehead atoms. The Bertz CT molecular complexity index is 835. The third-order valence-electron chi connectivity index (χ3n) is 4.78. The molecule has 27 heavy (non-hydrogen) atoms. The molecule has 0 radical (unpaired) electrons. The van der Waals surface area contributed by atoms with Crippen LogP contribution < -0.4 is 0 Å². The Labute approximate surface area is 160 Å². The van der Waals surface area contributed by atoms with E-state index in [0.29, 0.717) is 17.3 Å². The van der Waals surface area contributed by atoms with E-state index in [1.807, 2.05) is 54.6 Å². The van der Waals surface area contributed by atoms with Crippen LogP contribution in [-0.4, -0.2) is 19.0 Å². The summed E-state index contributed by atoms with van der Waals surface area (Å²) in [4.78, 5) is 13.4. The number of Topliss-reactive ketones (excluding diaryl/α,β-unsaturated/α-hetero) is 1. The molecule has 1 aliphatic carbocycles. The van der Waals surface area contributed by atoms with Crippen molar-refractivity contribution < 1.29 is 18.4 Å². The lowest BCUT2D eigenvalue weighted by Gasteiger charge is -2.26. The highest BCUT2D eigenvalue weighted by molar-refractivity contribution is 7.58. The van der Waals surface area contributed by atoms with Crippen molar-refractivity contribution in [3.63, 3.8) is 0 Å². The molecule has 2 atom stereocenters. The second-order valence-electron chi connectivity index (χ2n) is 6.42. The van der Waals surface area contributed by atoms with Crippen LogP contribution in [0.25, 0.3) is 0 Å². The van der Waals surface area contributed by atoms with Crippen molar-refractivity contribution >= 4 is 13.4 Å². The number of rotatable bonds is 8. The lowest BCUT2D eigenvalue weighted by atomic mass is 9.83. The molecule has 2 aromatic carbocycles. The number of carbonyl (C=O) groups excluding carboxylic acids is 1. The van der Waals surface area contributed by atoms with Crippen molar-refractivity contribution in [3.05, 3.63) is 83.2 Å². The fourth-order valence-electron chi connectivity index (χ4n) is 3.65. The van der Waals surface area contributed by atoms with E-state index in [1.165, 1.54) is 0 Å². The Hall–Kier alpha value is -2.00. The van der Waals surface area contributed by atoms with Gasteiger partial charge >= 0.3 is 7.60 Å². The number of ketones is 1. The molecule has 1 aliphatic rings. The van der Waals surface area contributed by atoms with Crippen LogP contribution in [0.15, 0.2) is 72.1 Å². The molecule has 0 aromatic heterocycles. The fourth-order valence-corrected chi connectivity index (χ4v) is 5.67. The normalized spacial score (nSPS) is 19.7. The topological polar surface area (TPSA) is 52.6 Å². The van der Waals surface area contributed by atoms with Gasteiger partial charge in [-0.3, -0.25) is 9.36 Å². The third kappa shape index (κ3) is 4.14. The van der Waals surface area contributed by atoms with Crippen LogP contribution in [0.2, 0.25) is 0 Å². The zero-order valence-electron chi connectivity index (χ0n) is 15.7. The van der Waals surface area contributed by atoms with Crippen LogP contribution in [0.4, 0.5) is 0 Å². The monoisotopic (exact) mass is 384 g/mol. The van der Waals surface area contributed by atoms with Gasteiger partial charge in [0.05, 0.1) is 19.1 Å². The van der Waals surface area contributed by atoms with Gasteiger partial charge in [0.2, 0.25) is 0 Å². The first-order valence-electron chi connectivity index (χ1n) is 9.34. The zero-order valence-corrected chi connectivity index (χ0v) is 16.6. The smallest absolute Gasteiger partial charge is 0.306 e. The molecule has 5 heteroatoms. The highest BCUT2D eigenvalue weighted by Crippen LogP contribution is 2.64. The molecule has 2 aromatic rings. The number of hydrogen-bond donors (Lipinski definition) is 0. The van der Waals surface area contributed by atoms with Crippen LogP contribution in [0, 0.1) is 5.92 Å². The van der Waals surface area contributed by atoms with Gasteiger partial charge in [-0.2, -0.15) is 0 Å². The lowest BCUT2D eigenvalue weighted by molar-refractivity contribution is 0.0927. The van der Waals surface area contributed by atoms with Gasteiger partial charge in [-0.25, -0.2) is 0 Å². The maximum Gasteiger partial charge on any atom is 0.357 e. The average molecular weight is 384 g/mol. The minimum Gasteiger partial charge on any atom is -0.306 e. The quantitative estimate of drug-likeness (QED) is 0.425. The molecule has 0 saturated heterocycles. The van der Waals surface area contributed by atoms with Gasteiger partial charge in [-0.05, 0) is 25.8 Å².